The smallest absolute Gasteiger partial charge is 0.306 e. The van der Waals surface area contributed by atoms with E-state index in [-0.39, 0.29) is 24.7 Å². The molecular weight excluding hydrogens is 342 g/mol. The maximum Gasteiger partial charge on any atom is 0.306 e. The number of anilines is 1. The Labute approximate surface area is 158 Å². The number of hydrogen-bond donors (Lipinski definition) is 1. The van der Waals surface area contributed by atoms with E-state index in [0.717, 1.165) is 12.8 Å². The maximum atomic E-state index is 12.7. The Morgan fingerprint density at radius 3 is 2.48 bits per heavy atom. The van der Waals surface area contributed by atoms with Gasteiger partial charge in [-0.15, -0.1) is 0 Å². The SMILES string of the molecule is O=C(COC(=O)C[C@@H]1C=CCC1)Nc1ccccc1C(=O)c1ccccc1. The molecule has 0 aromatic heterocycles. The van der Waals surface area contributed by atoms with E-state index in [4.69, 9.17) is 4.74 Å². The number of amides is 1. The maximum absolute atomic E-state index is 12.7. The number of nitrogens with one attached hydrogen (secondary N) is 1. The van der Waals surface area contributed by atoms with Gasteiger partial charge in [-0.25, -0.2) is 0 Å². The Bertz CT molecular complexity index is 858. The van der Waals surface area contributed by atoms with Crippen LogP contribution >= 0.6 is 0 Å². The van der Waals surface area contributed by atoms with Gasteiger partial charge < -0.3 is 10.1 Å². The van der Waals surface area contributed by atoms with Gasteiger partial charge in [0.2, 0.25) is 0 Å². The molecule has 1 atom stereocenters. The average Bonchev–Trinajstić information content (AvgIpc) is 3.20. The minimum Gasteiger partial charge on any atom is -0.456 e. The van der Waals surface area contributed by atoms with Gasteiger partial charge in [0.15, 0.2) is 12.4 Å². The summed E-state index contributed by atoms with van der Waals surface area (Å²) in [6.07, 6.45) is 6.26. The van der Waals surface area contributed by atoms with Crippen LogP contribution in [0.25, 0.3) is 0 Å². The molecule has 0 heterocycles. The van der Waals surface area contributed by atoms with Crippen LogP contribution in [0.1, 0.15) is 35.2 Å². The summed E-state index contributed by atoms with van der Waals surface area (Å²) in [5, 5.41) is 2.66. The molecule has 0 aliphatic heterocycles. The molecule has 1 N–H and O–H groups in total. The molecule has 1 aliphatic carbocycles. The predicted octanol–water partition coefficient (Wildman–Crippen LogP) is 3.76. The van der Waals surface area contributed by atoms with Gasteiger partial charge >= 0.3 is 5.97 Å². The van der Waals surface area contributed by atoms with Crippen molar-refractivity contribution in [3.8, 4) is 0 Å². The molecule has 0 unspecified atom stereocenters. The molecule has 5 heteroatoms. The molecule has 0 spiro atoms. The summed E-state index contributed by atoms with van der Waals surface area (Å²) in [5.41, 5.74) is 1.32. The van der Waals surface area contributed by atoms with Crippen molar-refractivity contribution in [2.75, 3.05) is 11.9 Å². The number of rotatable bonds is 7. The molecular formula is C22H21NO4. The molecule has 1 amide bonds. The molecule has 2 aromatic rings. The molecule has 0 saturated heterocycles. The number of allylic oxidation sites excluding steroid dienone is 2. The second-order valence-electron chi connectivity index (χ2n) is 6.42. The lowest BCUT2D eigenvalue weighted by Gasteiger charge is -2.11. The number of hydrogen-bond acceptors (Lipinski definition) is 4. The van der Waals surface area contributed by atoms with Crippen molar-refractivity contribution < 1.29 is 19.1 Å². The van der Waals surface area contributed by atoms with Crippen molar-refractivity contribution in [3.05, 3.63) is 77.9 Å². The first kappa shape index (κ1) is 18.6. The number of benzene rings is 2. The average molecular weight is 363 g/mol. The van der Waals surface area contributed by atoms with Gasteiger partial charge in [-0.1, -0.05) is 54.6 Å². The molecule has 138 valence electrons. The van der Waals surface area contributed by atoms with Gasteiger partial charge in [-0.2, -0.15) is 0 Å². The van der Waals surface area contributed by atoms with E-state index in [2.05, 4.69) is 5.32 Å². The van der Waals surface area contributed by atoms with Gasteiger partial charge in [-0.3, -0.25) is 14.4 Å². The van der Waals surface area contributed by atoms with E-state index < -0.39 is 11.9 Å². The zero-order valence-corrected chi connectivity index (χ0v) is 14.9. The van der Waals surface area contributed by atoms with Crippen molar-refractivity contribution in [1.82, 2.24) is 0 Å². The number of para-hydroxylation sites is 1. The summed E-state index contributed by atoms with van der Waals surface area (Å²) in [6, 6.07) is 15.6. The van der Waals surface area contributed by atoms with Crippen LogP contribution in [-0.4, -0.2) is 24.3 Å². The van der Waals surface area contributed by atoms with Crippen molar-refractivity contribution in [2.45, 2.75) is 19.3 Å². The highest BCUT2D eigenvalue weighted by Gasteiger charge is 2.18. The van der Waals surface area contributed by atoms with Gasteiger partial charge in [0.25, 0.3) is 5.91 Å². The van der Waals surface area contributed by atoms with Crippen molar-refractivity contribution >= 4 is 23.3 Å². The summed E-state index contributed by atoms with van der Waals surface area (Å²) in [5.74, 6) is -0.852. The molecule has 27 heavy (non-hydrogen) atoms. The quantitative estimate of drug-likeness (QED) is 0.462. The lowest BCUT2D eigenvalue weighted by Crippen LogP contribution is -2.22. The first-order valence-corrected chi connectivity index (χ1v) is 8.94. The highest BCUT2D eigenvalue weighted by molar-refractivity contribution is 6.13. The summed E-state index contributed by atoms with van der Waals surface area (Å²) in [6.45, 7) is -0.372. The zero-order chi connectivity index (χ0) is 19.1. The van der Waals surface area contributed by atoms with E-state index in [0.29, 0.717) is 16.8 Å². The van der Waals surface area contributed by atoms with Crippen LogP contribution < -0.4 is 5.32 Å². The fraction of sp³-hybridized carbons (Fsp3) is 0.227. The Morgan fingerprint density at radius 2 is 1.74 bits per heavy atom. The molecule has 0 fully saturated rings. The molecule has 5 nitrogen and oxygen atoms in total. The van der Waals surface area contributed by atoms with Gasteiger partial charge in [0.05, 0.1) is 12.1 Å². The molecule has 1 aliphatic rings. The number of ketones is 1. The van der Waals surface area contributed by atoms with E-state index in [1.165, 1.54) is 0 Å². The van der Waals surface area contributed by atoms with Crippen molar-refractivity contribution in [3.63, 3.8) is 0 Å². The van der Waals surface area contributed by atoms with Crippen LogP contribution in [0.3, 0.4) is 0 Å². The van der Waals surface area contributed by atoms with Crippen molar-refractivity contribution in [1.29, 1.82) is 0 Å². The fourth-order valence-corrected chi connectivity index (χ4v) is 3.01. The second-order valence-corrected chi connectivity index (χ2v) is 6.42. The van der Waals surface area contributed by atoms with E-state index >= 15 is 0 Å². The standard InChI is InChI=1S/C22H21NO4/c24-20(15-27-21(25)14-16-8-4-5-9-16)23-19-13-7-6-12-18(19)22(26)17-10-2-1-3-11-17/h1-4,6-8,10-13,16H,5,9,14-15H2,(H,23,24)/t16-/m1/s1. The minimum absolute atomic E-state index is 0.184. The van der Waals surface area contributed by atoms with E-state index in [1.807, 2.05) is 18.2 Å². The van der Waals surface area contributed by atoms with Crippen LogP contribution in [0.5, 0.6) is 0 Å². The monoisotopic (exact) mass is 363 g/mol. The lowest BCUT2D eigenvalue weighted by atomic mass is 10.0. The fourth-order valence-electron chi connectivity index (χ4n) is 3.01. The Balaban J connectivity index is 1.58. The molecule has 0 radical (unpaired) electrons. The largest absolute Gasteiger partial charge is 0.456 e. The highest BCUT2D eigenvalue weighted by Crippen LogP contribution is 2.21. The van der Waals surface area contributed by atoms with Crippen molar-refractivity contribution in [2.24, 2.45) is 5.92 Å². The molecule has 0 saturated carbocycles. The van der Waals surface area contributed by atoms with E-state index in [1.54, 1.807) is 48.5 Å². The Kier molecular flexibility index (Phi) is 6.15. The van der Waals surface area contributed by atoms with E-state index in [9.17, 15) is 14.4 Å². The number of carbonyl (C=O) groups is 3. The third-order valence-corrected chi connectivity index (χ3v) is 4.39. The van der Waals surface area contributed by atoms with Crippen LogP contribution in [0.2, 0.25) is 0 Å². The summed E-state index contributed by atoms with van der Waals surface area (Å²) < 4.78 is 5.05. The summed E-state index contributed by atoms with van der Waals surface area (Å²) in [7, 11) is 0. The lowest BCUT2D eigenvalue weighted by molar-refractivity contribution is -0.147. The summed E-state index contributed by atoms with van der Waals surface area (Å²) in [4.78, 5) is 36.6. The number of carbonyl (C=O) groups excluding carboxylic acids is 3. The minimum atomic E-state index is -0.473. The Hall–Kier alpha value is -3.21. The predicted molar refractivity (Wildman–Crippen MR) is 102 cm³/mol. The number of esters is 1. The summed E-state index contributed by atoms with van der Waals surface area (Å²) >= 11 is 0. The normalized spacial score (nSPS) is 15.3. The van der Waals surface area contributed by atoms with Gasteiger partial charge in [0.1, 0.15) is 0 Å². The van der Waals surface area contributed by atoms with Gasteiger partial charge in [0, 0.05) is 11.1 Å². The highest BCUT2D eigenvalue weighted by atomic mass is 16.5. The molecule has 2 aromatic carbocycles. The molecule has 3 rings (SSSR count). The first-order valence-electron chi connectivity index (χ1n) is 8.94. The topological polar surface area (TPSA) is 72.5 Å². The molecule has 0 bridgehead atoms. The third-order valence-electron chi connectivity index (χ3n) is 4.39. The van der Waals surface area contributed by atoms with Crippen LogP contribution in [0, 0.1) is 5.92 Å². The first-order chi connectivity index (χ1) is 13.1. The third kappa shape index (κ3) is 5.14. The number of ether oxygens (including phenoxy) is 1. The van der Waals surface area contributed by atoms with Crippen LogP contribution in [0.4, 0.5) is 5.69 Å². The second kappa shape index (κ2) is 8.94. The van der Waals surface area contributed by atoms with Crippen LogP contribution in [-0.2, 0) is 14.3 Å². The van der Waals surface area contributed by atoms with Crippen LogP contribution in [0.15, 0.2) is 66.7 Å². The van der Waals surface area contributed by atoms with Gasteiger partial charge in [-0.05, 0) is 30.9 Å². The zero-order valence-electron chi connectivity index (χ0n) is 14.9. The Morgan fingerprint density at radius 1 is 1.00 bits per heavy atom.